The van der Waals surface area contributed by atoms with E-state index in [4.69, 9.17) is 4.74 Å². The third kappa shape index (κ3) is 3.45. The lowest BCUT2D eigenvalue weighted by Crippen LogP contribution is -2.23. The van der Waals surface area contributed by atoms with Crippen LogP contribution >= 0.6 is 11.3 Å². The Morgan fingerprint density at radius 3 is 3.14 bits per heavy atom. The van der Waals surface area contributed by atoms with Crippen molar-refractivity contribution < 1.29 is 9.53 Å². The largest absolute Gasteiger partial charge is 0.497 e. The van der Waals surface area contributed by atoms with Crippen LogP contribution in [-0.2, 0) is 19.4 Å². The van der Waals surface area contributed by atoms with E-state index in [0.29, 0.717) is 11.6 Å². The Labute approximate surface area is 133 Å². The molecule has 116 valence electrons. The number of carbonyl (C=O) groups is 1. The number of hydrogen-bond acceptors (Lipinski definition) is 5. The summed E-state index contributed by atoms with van der Waals surface area (Å²) >= 11 is 1.51. The van der Waals surface area contributed by atoms with Gasteiger partial charge in [0.15, 0.2) is 5.01 Å². The predicted molar refractivity (Wildman–Crippen MR) is 86.6 cm³/mol. The van der Waals surface area contributed by atoms with Crippen molar-refractivity contribution in [3.63, 3.8) is 0 Å². The number of nitrogens with one attached hydrogen (secondary N) is 2. The van der Waals surface area contributed by atoms with Crippen LogP contribution < -0.4 is 15.4 Å². The molecule has 1 aliphatic heterocycles. The number of aromatic nitrogens is 1. The van der Waals surface area contributed by atoms with Crippen LogP contribution in [0.1, 0.15) is 25.9 Å². The van der Waals surface area contributed by atoms with Gasteiger partial charge in [0.25, 0.3) is 5.91 Å². The predicted octanol–water partition coefficient (Wildman–Crippen LogP) is 1.77. The molecule has 1 aliphatic rings. The minimum absolute atomic E-state index is 0.103. The number of thiazole rings is 1. The van der Waals surface area contributed by atoms with Crippen LogP contribution in [0, 0.1) is 0 Å². The van der Waals surface area contributed by atoms with Gasteiger partial charge >= 0.3 is 0 Å². The molecule has 0 spiro atoms. The molecule has 0 unspecified atom stereocenters. The number of benzene rings is 1. The van der Waals surface area contributed by atoms with Gasteiger partial charge < -0.3 is 15.4 Å². The molecular weight excluding hydrogens is 298 g/mol. The summed E-state index contributed by atoms with van der Waals surface area (Å²) < 4.78 is 5.18. The molecule has 0 atom stereocenters. The van der Waals surface area contributed by atoms with E-state index in [1.165, 1.54) is 16.2 Å². The standard InChI is InChI=1S/C16H19N3O2S/c1-21-12-4-2-3-11(9-12)10-18-15(20)16-19-13-5-7-17-8-6-14(13)22-16/h2-4,9,17H,5-8,10H2,1H3,(H,18,20). The molecule has 22 heavy (non-hydrogen) atoms. The maximum absolute atomic E-state index is 12.3. The van der Waals surface area contributed by atoms with Crippen molar-refractivity contribution in [2.45, 2.75) is 19.4 Å². The van der Waals surface area contributed by atoms with Gasteiger partial charge in [0.05, 0.1) is 12.8 Å². The molecule has 1 aromatic carbocycles. The van der Waals surface area contributed by atoms with Gasteiger partial charge in [0, 0.05) is 30.9 Å². The molecule has 2 aromatic rings. The van der Waals surface area contributed by atoms with E-state index in [-0.39, 0.29) is 5.91 Å². The minimum atomic E-state index is -0.103. The molecule has 0 fully saturated rings. The van der Waals surface area contributed by atoms with Gasteiger partial charge in [-0.2, -0.15) is 0 Å². The summed E-state index contributed by atoms with van der Waals surface area (Å²) in [7, 11) is 1.63. The number of methoxy groups -OCH3 is 1. The van der Waals surface area contributed by atoms with Crippen LogP contribution in [-0.4, -0.2) is 31.1 Å². The zero-order valence-corrected chi connectivity index (χ0v) is 13.3. The topological polar surface area (TPSA) is 63.2 Å². The smallest absolute Gasteiger partial charge is 0.280 e. The minimum Gasteiger partial charge on any atom is -0.497 e. The zero-order valence-electron chi connectivity index (χ0n) is 12.5. The van der Waals surface area contributed by atoms with E-state index in [0.717, 1.165) is 42.9 Å². The maximum Gasteiger partial charge on any atom is 0.280 e. The fourth-order valence-corrected chi connectivity index (χ4v) is 3.47. The first kappa shape index (κ1) is 15.0. The molecule has 6 heteroatoms. The highest BCUT2D eigenvalue weighted by Gasteiger charge is 2.17. The van der Waals surface area contributed by atoms with Gasteiger partial charge in [-0.25, -0.2) is 4.98 Å². The van der Waals surface area contributed by atoms with Gasteiger partial charge in [-0.05, 0) is 24.1 Å². The van der Waals surface area contributed by atoms with Gasteiger partial charge in [-0.3, -0.25) is 4.79 Å². The maximum atomic E-state index is 12.3. The van der Waals surface area contributed by atoms with E-state index in [2.05, 4.69) is 15.6 Å². The van der Waals surface area contributed by atoms with E-state index < -0.39 is 0 Å². The highest BCUT2D eigenvalue weighted by Crippen LogP contribution is 2.21. The summed E-state index contributed by atoms with van der Waals surface area (Å²) in [6.07, 6.45) is 1.85. The number of fused-ring (bicyclic) bond motifs is 1. The first-order valence-corrected chi connectivity index (χ1v) is 8.18. The van der Waals surface area contributed by atoms with Crippen LogP contribution in [0.4, 0.5) is 0 Å². The highest BCUT2D eigenvalue weighted by atomic mass is 32.1. The second-order valence-electron chi connectivity index (χ2n) is 5.17. The highest BCUT2D eigenvalue weighted by molar-refractivity contribution is 7.13. The molecule has 0 saturated heterocycles. The SMILES string of the molecule is COc1cccc(CNC(=O)c2nc3c(s2)CCNCC3)c1. The Bertz CT molecular complexity index is 646. The van der Waals surface area contributed by atoms with Crippen molar-refractivity contribution in [2.24, 2.45) is 0 Å². The van der Waals surface area contributed by atoms with E-state index in [1.54, 1.807) is 7.11 Å². The third-order valence-corrected chi connectivity index (χ3v) is 4.78. The summed E-state index contributed by atoms with van der Waals surface area (Å²) in [6.45, 7) is 2.36. The fraction of sp³-hybridized carbons (Fsp3) is 0.375. The van der Waals surface area contributed by atoms with Gasteiger partial charge in [0.1, 0.15) is 5.75 Å². The molecule has 0 radical (unpaired) electrons. The molecule has 1 amide bonds. The fourth-order valence-electron chi connectivity index (χ4n) is 2.45. The lowest BCUT2D eigenvalue weighted by molar-refractivity contribution is 0.0950. The van der Waals surface area contributed by atoms with Crippen LogP contribution in [0.3, 0.4) is 0 Å². The van der Waals surface area contributed by atoms with E-state index >= 15 is 0 Å². The molecule has 2 heterocycles. The van der Waals surface area contributed by atoms with Crippen LogP contribution in [0.15, 0.2) is 24.3 Å². The molecule has 3 rings (SSSR count). The summed E-state index contributed by atoms with van der Waals surface area (Å²) in [5.41, 5.74) is 2.08. The zero-order chi connectivity index (χ0) is 15.4. The monoisotopic (exact) mass is 317 g/mol. The molecule has 0 aliphatic carbocycles. The van der Waals surface area contributed by atoms with Crippen LogP contribution in [0.5, 0.6) is 5.75 Å². The van der Waals surface area contributed by atoms with Crippen molar-refractivity contribution in [3.8, 4) is 5.75 Å². The number of amides is 1. The van der Waals surface area contributed by atoms with Crippen molar-refractivity contribution >= 4 is 17.2 Å². The van der Waals surface area contributed by atoms with Gasteiger partial charge in [0.2, 0.25) is 0 Å². The number of carbonyl (C=O) groups excluding carboxylic acids is 1. The second-order valence-corrected chi connectivity index (χ2v) is 6.26. The first-order chi connectivity index (χ1) is 10.8. The molecule has 5 nitrogen and oxygen atoms in total. The average Bonchev–Trinajstić information content (AvgIpc) is 2.84. The van der Waals surface area contributed by atoms with E-state index in [9.17, 15) is 4.79 Å². The Hall–Kier alpha value is -1.92. The number of nitrogens with zero attached hydrogens (tertiary/aromatic N) is 1. The quantitative estimate of drug-likeness (QED) is 0.902. The molecule has 0 bridgehead atoms. The summed E-state index contributed by atoms with van der Waals surface area (Å²) in [6, 6.07) is 7.69. The Morgan fingerprint density at radius 1 is 1.41 bits per heavy atom. The molecule has 1 aromatic heterocycles. The van der Waals surface area contributed by atoms with Crippen molar-refractivity contribution in [2.75, 3.05) is 20.2 Å². The lowest BCUT2D eigenvalue weighted by Gasteiger charge is -2.05. The average molecular weight is 317 g/mol. The third-order valence-electron chi connectivity index (χ3n) is 3.63. The Balaban J connectivity index is 1.64. The van der Waals surface area contributed by atoms with Crippen molar-refractivity contribution in [3.05, 3.63) is 45.4 Å². The molecule has 2 N–H and O–H groups in total. The van der Waals surface area contributed by atoms with Crippen LogP contribution in [0.2, 0.25) is 0 Å². The summed E-state index contributed by atoms with van der Waals surface area (Å²) in [4.78, 5) is 18.0. The molecular formula is C16H19N3O2S. The Kier molecular flexibility index (Phi) is 4.70. The lowest BCUT2D eigenvalue weighted by atomic mass is 10.2. The number of hydrogen-bond donors (Lipinski definition) is 2. The number of rotatable bonds is 4. The van der Waals surface area contributed by atoms with Crippen molar-refractivity contribution in [1.82, 2.24) is 15.6 Å². The first-order valence-electron chi connectivity index (χ1n) is 7.36. The Morgan fingerprint density at radius 2 is 2.27 bits per heavy atom. The summed E-state index contributed by atoms with van der Waals surface area (Å²) in [5, 5.41) is 6.83. The van der Waals surface area contributed by atoms with Gasteiger partial charge in [-0.15, -0.1) is 11.3 Å². The van der Waals surface area contributed by atoms with Crippen molar-refractivity contribution in [1.29, 1.82) is 0 Å². The van der Waals surface area contributed by atoms with Crippen LogP contribution in [0.25, 0.3) is 0 Å². The van der Waals surface area contributed by atoms with Gasteiger partial charge in [-0.1, -0.05) is 12.1 Å². The number of ether oxygens (including phenoxy) is 1. The molecule has 0 saturated carbocycles. The normalized spacial score (nSPS) is 14.0. The second kappa shape index (κ2) is 6.89. The summed E-state index contributed by atoms with van der Waals surface area (Å²) in [5.74, 6) is 0.689. The van der Waals surface area contributed by atoms with E-state index in [1.807, 2.05) is 24.3 Å².